The van der Waals surface area contributed by atoms with Gasteiger partial charge in [-0.1, -0.05) is 29.8 Å². The molecule has 0 saturated carbocycles. The summed E-state index contributed by atoms with van der Waals surface area (Å²) in [7, 11) is 0. The van der Waals surface area contributed by atoms with Gasteiger partial charge in [-0.05, 0) is 18.6 Å². The van der Waals surface area contributed by atoms with Gasteiger partial charge in [0.15, 0.2) is 0 Å². The number of hydrazone groups is 1. The van der Waals surface area contributed by atoms with Crippen LogP contribution in [0.1, 0.15) is 12.5 Å². The highest BCUT2D eigenvalue weighted by atomic mass is 35.5. The zero-order valence-electron chi connectivity index (χ0n) is 6.92. The molecule has 0 bridgehead atoms. The van der Waals surface area contributed by atoms with Crippen molar-refractivity contribution >= 4 is 17.3 Å². The Kier molecular flexibility index (Phi) is 3.11. The van der Waals surface area contributed by atoms with Crippen molar-refractivity contribution in [2.45, 2.75) is 13.3 Å². The standard InChI is InChI=1S/C9H11ClN2/c1-7(12-11)6-8-4-2-3-5-9(8)10/h2-5H,6,11H2,1H3/b12-7-. The molecule has 0 aliphatic rings. The van der Waals surface area contributed by atoms with Crippen LogP contribution in [0.5, 0.6) is 0 Å². The molecule has 12 heavy (non-hydrogen) atoms. The summed E-state index contributed by atoms with van der Waals surface area (Å²) in [4.78, 5) is 0. The van der Waals surface area contributed by atoms with E-state index < -0.39 is 0 Å². The van der Waals surface area contributed by atoms with Crippen molar-refractivity contribution in [3.05, 3.63) is 34.9 Å². The van der Waals surface area contributed by atoms with Crippen LogP contribution in [0, 0.1) is 0 Å². The molecule has 0 atom stereocenters. The van der Waals surface area contributed by atoms with Gasteiger partial charge >= 0.3 is 0 Å². The molecule has 0 aliphatic heterocycles. The first kappa shape index (κ1) is 9.07. The van der Waals surface area contributed by atoms with E-state index in [0.29, 0.717) is 0 Å². The minimum atomic E-state index is 0.718. The van der Waals surface area contributed by atoms with Gasteiger partial charge in [0.05, 0.1) is 0 Å². The second-order valence-corrected chi connectivity index (χ2v) is 3.04. The van der Waals surface area contributed by atoms with Crippen LogP contribution in [-0.4, -0.2) is 5.71 Å². The van der Waals surface area contributed by atoms with E-state index in [9.17, 15) is 0 Å². The van der Waals surface area contributed by atoms with E-state index in [4.69, 9.17) is 17.4 Å². The summed E-state index contributed by atoms with van der Waals surface area (Å²) in [6, 6.07) is 7.68. The van der Waals surface area contributed by atoms with E-state index in [1.807, 2.05) is 31.2 Å². The molecular formula is C9H11ClN2. The Morgan fingerprint density at radius 3 is 2.75 bits per heavy atom. The van der Waals surface area contributed by atoms with Gasteiger partial charge in [0, 0.05) is 17.2 Å². The average Bonchev–Trinajstić information content (AvgIpc) is 2.09. The molecule has 0 heterocycles. The third kappa shape index (κ3) is 2.24. The van der Waals surface area contributed by atoms with Crippen molar-refractivity contribution in [3.8, 4) is 0 Å². The van der Waals surface area contributed by atoms with Crippen LogP contribution in [0.2, 0.25) is 5.02 Å². The molecule has 3 heteroatoms. The van der Waals surface area contributed by atoms with E-state index in [0.717, 1.165) is 22.7 Å². The minimum absolute atomic E-state index is 0.718. The Morgan fingerprint density at radius 1 is 1.50 bits per heavy atom. The number of benzene rings is 1. The normalized spacial score (nSPS) is 11.7. The molecule has 0 fully saturated rings. The van der Waals surface area contributed by atoms with Crippen molar-refractivity contribution in [1.82, 2.24) is 0 Å². The Bertz CT molecular complexity index is 294. The van der Waals surface area contributed by atoms with Crippen molar-refractivity contribution in [2.24, 2.45) is 10.9 Å². The molecule has 2 nitrogen and oxygen atoms in total. The fraction of sp³-hybridized carbons (Fsp3) is 0.222. The molecule has 1 rings (SSSR count). The lowest BCUT2D eigenvalue weighted by atomic mass is 10.1. The lowest BCUT2D eigenvalue weighted by Gasteiger charge is -2.01. The van der Waals surface area contributed by atoms with E-state index >= 15 is 0 Å². The first-order valence-electron chi connectivity index (χ1n) is 3.71. The fourth-order valence-electron chi connectivity index (χ4n) is 0.963. The quantitative estimate of drug-likeness (QED) is 0.425. The van der Waals surface area contributed by atoms with Crippen molar-refractivity contribution < 1.29 is 0 Å². The van der Waals surface area contributed by atoms with Crippen LogP contribution >= 0.6 is 11.6 Å². The molecular weight excluding hydrogens is 172 g/mol. The number of nitrogens with two attached hydrogens (primary N) is 1. The molecule has 0 spiro atoms. The highest BCUT2D eigenvalue weighted by molar-refractivity contribution is 6.31. The molecule has 0 unspecified atom stereocenters. The number of nitrogens with zero attached hydrogens (tertiary/aromatic N) is 1. The van der Waals surface area contributed by atoms with Gasteiger partial charge in [-0.2, -0.15) is 5.10 Å². The van der Waals surface area contributed by atoms with Gasteiger partial charge in [-0.25, -0.2) is 0 Å². The molecule has 0 aromatic heterocycles. The molecule has 1 aromatic rings. The van der Waals surface area contributed by atoms with Crippen LogP contribution in [0.25, 0.3) is 0 Å². The van der Waals surface area contributed by atoms with E-state index in [1.54, 1.807) is 0 Å². The second kappa shape index (κ2) is 4.12. The van der Waals surface area contributed by atoms with Gasteiger partial charge in [-0.3, -0.25) is 0 Å². The maximum absolute atomic E-state index is 5.93. The number of hydrogen-bond donors (Lipinski definition) is 1. The molecule has 0 saturated heterocycles. The second-order valence-electron chi connectivity index (χ2n) is 2.63. The summed E-state index contributed by atoms with van der Waals surface area (Å²) >= 11 is 5.93. The van der Waals surface area contributed by atoms with Crippen LogP contribution in [0.15, 0.2) is 29.4 Å². The van der Waals surface area contributed by atoms with Crippen molar-refractivity contribution in [3.63, 3.8) is 0 Å². The summed E-state index contributed by atoms with van der Waals surface area (Å²) in [6.45, 7) is 1.88. The third-order valence-corrected chi connectivity index (χ3v) is 1.99. The SMILES string of the molecule is C/C(Cc1ccccc1Cl)=N/N. The summed E-state index contributed by atoms with van der Waals surface area (Å²) < 4.78 is 0. The molecule has 0 radical (unpaired) electrons. The Labute approximate surface area is 77.0 Å². The zero-order chi connectivity index (χ0) is 8.97. The molecule has 2 N–H and O–H groups in total. The van der Waals surface area contributed by atoms with E-state index in [2.05, 4.69) is 5.10 Å². The lowest BCUT2D eigenvalue weighted by Crippen LogP contribution is -2.01. The molecule has 0 aliphatic carbocycles. The summed E-state index contributed by atoms with van der Waals surface area (Å²) in [5.41, 5.74) is 1.94. The fourth-order valence-corrected chi connectivity index (χ4v) is 1.17. The lowest BCUT2D eigenvalue weighted by molar-refractivity contribution is 1.18. The smallest absolute Gasteiger partial charge is 0.0441 e. The molecule has 1 aromatic carbocycles. The van der Waals surface area contributed by atoms with E-state index in [-0.39, 0.29) is 0 Å². The predicted octanol–water partition coefficient (Wildman–Crippen LogP) is 2.22. The van der Waals surface area contributed by atoms with Crippen LogP contribution in [-0.2, 0) is 6.42 Å². The Hall–Kier alpha value is -1.02. The third-order valence-electron chi connectivity index (χ3n) is 1.62. The molecule has 64 valence electrons. The number of rotatable bonds is 2. The Morgan fingerprint density at radius 2 is 2.17 bits per heavy atom. The zero-order valence-corrected chi connectivity index (χ0v) is 7.67. The monoisotopic (exact) mass is 182 g/mol. The number of halogens is 1. The highest BCUT2D eigenvalue weighted by Gasteiger charge is 1.99. The van der Waals surface area contributed by atoms with Crippen LogP contribution in [0.3, 0.4) is 0 Å². The van der Waals surface area contributed by atoms with Gasteiger partial charge in [-0.15, -0.1) is 0 Å². The van der Waals surface area contributed by atoms with Crippen LogP contribution < -0.4 is 5.84 Å². The maximum Gasteiger partial charge on any atom is 0.0441 e. The average molecular weight is 183 g/mol. The topological polar surface area (TPSA) is 38.4 Å². The van der Waals surface area contributed by atoms with Gasteiger partial charge in [0.25, 0.3) is 0 Å². The molecule has 0 amide bonds. The maximum atomic E-state index is 5.93. The van der Waals surface area contributed by atoms with Gasteiger partial charge in [0.2, 0.25) is 0 Å². The minimum Gasteiger partial charge on any atom is -0.323 e. The van der Waals surface area contributed by atoms with Gasteiger partial charge in [0.1, 0.15) is 0 Å². The van der Waals surface area contributed by atoms with Crippen LogP contribution in [0.4, 0.5) is 0 Å². The predicted molar refractivity (Wildman–Crippen MR) is 52.5 cm³/mol. The van der Waals surface area contributed by atoms with Crippen molar-refractivity contribution in [2.75, 3.05) is 0 Å². The van der Waals surface area contributed by atoms with Gasteiger partial charge < -0.3 is 5.84 Å². The Balaban J connectivity index is 2.82. The largest absolute Gasteiger partial charge is 0.323 e. The summed E-state index contributed by atoms with van der Waals surface area (Å²) in [5, 5.41) is 4.35. The van der Waals surface area contributed by atoms with Crippen molar-refractivity contribution in [1.29, 1.82) is 0 Å². The number of hydrogen-bond acceptors (Lipinski definition) is 2. The van der Waals surface area contributed by atoms with E-state index in [1.165, 1.54) is 0 Å². The highest BCUT2D eigenvalue weighted by Crippen LogP contribution is 2.15. The first-order valence-corrected chi connectivity index (χ1v) is 4.08. The first-order chi connectivity index (χ1) is 5.74. The summed E-state index contributed by atoms with van der Waals surface area (Å²) in [6.07, 6.45) is 0.718. The summed E-state index contributed by atoms with van der Waals surface area (Å²) in [5.74, 6) is 5.11.